The van der Waals surface area contributed by atoms with E-state index >= 15 is 0 Å². The van der Waals surface area contributed by atoms with Gasteiger partial charge in [0, 0.05) is 12.7 Å². The Balaban J connectivity index is 1.37. The number of β-lactam (4-membered cyclic amide) rings is 1. The third-order valence-corrected chi connectivity index (χ3v) is 8.88. The Kier molecular flexibility index (Phi) is 10.2. The van der Waals surface area contributed by atoms with E-state index in [2.05, 4.69) is 10.6 Å². The standard InChI is InChI=1S/C35H37N3O8S/c1-21(39)44-25-20-47-32-27(36-30(40)26(22-14-8-5-9-15-22)37-34(43)46-35(2,3)4)31(41)38(32)28(25)33(42)45-29(23-16-10-6-11-17-23)24-18-12-7-13-19-24/h5-19,25-29,32H,20H2,1-4H3,(H,36,40)(H,37,43)/t25?,26?,27-,28-,32-/m1/s1. The summed E-state index contributed by atoms with van der Waals surface area (Å²) >= 11 is 1.27. The number of ether oxygens (including phenoxy) is 3. The van der Waals surface area contributed by atoms with Gasteiger partial charge in [0.05, 0.1) is 0 Å². The van der Waals surface area contributed by atoms with Gasteiger partial charge in [-0.15, -0.1) is 11.8 Å². The summed E-state index contributed by atoms with van der Waals surface area (Å²) in [6.07, 6.45) is -2.55. The Morgan fingerprint density at radius 2 is 1.38 bits per heavy atom. The van der Waals surface area contributed by atoms with Gasteiger partial charge in [0.25, 0.3) is 0 Å². The summed E-state index contributed by atoms with van der Waals surface area (Å²) in [7, 11) is 0. The van der Waals surface area contributed by atoms with Crippen LogP contribution in [0.1, 0.15) is 56.5 Å². The summed E-state index contributed by atoms with van der Waals surface area (Å²) in [5.41, 5.74) is 1.14. The summed E-state index contributed by atoms with van der Waals surface area (Å²) in [6.45, 7) is 6.35. The van der Waals surface area contributed by atoms with E-state index in [0.29, 0.717) is 5.56 Å². The zero-order valence-corrected chi connectivity index (χ0v) is 27.3. The van der Waals surface area contributed by atoms with Crippen molar-refractivity contribution in [2.45, 2.75) is 69.0 Å². The molecule has 3 amide bonds. The lowest BCUT2D eigenvalue weighted by molar-refractivity contribution is -0.178. The number of hydrogen-bond donors (Lipinski definition) is 2. The maximum atomic E-state index is 14.0. The van der Waals surface area contributed by atoms with Crippen LogP contribution in [-0.4, -0.2) is 69.7 Å². The van der Waals surface area contributed by atoms with Gasteiger partial charge in [-0.1, -0.05) is 91.0 Å². The molecule has 0 saturated carbocycles. The number of carbonyl (C=O) groups excluding carboxylic acids is 5. The van der Waals surface area contributed by atoms with Crippen LogP contribution in [0.15, 0.2) is 91.0 Å². The largest absolute Gasteiger partial charge is 0.459 e. The van der Waals surface area contributed by atoms with Crippen molar-refractivity contribution >= 4 is 41.6 Å². The van der Waals surface area contributed by atoms with Crippen LogP contribution < -0.4 is 10.6 Å². The molecule has 2 aliphatic rings. The third-order valence-electron chi connectivity index (χ3n) is 7.51. The number of rotatable bonds is 9. The topological polar surface area (TPSA) is 140 Å². The molecule has 2 unspecified atom stereocenters. The van der Waals surface area contributed by atoms with Gasteiger partial charge in [0.1, 0.15) is 29.2 Å². The zero-order valence-electron chi connectivity index (χ0n) is 26.5. The van der Waals surface area contributed by atoms with E-state index in [0.717, 1.165) is 11.1 Å². The minimum absolute atomic E-state index is 0.180. The Morgan fingerprint density at radius 3 is 1.89 bits per heavy atom. The summed E-state index contributed by atoms with van der Waals surface area (Å²) in [6, 6.07) is 23.6. The molecule has 246 valence electrons. The van der Waals surface area contributed by atoms with Gasteiger partial charge in [-0.05, 0) is 37.5 Å². The van der Waals surface area contributed by atoms with Gasteiger partial charge in [-0.3, -0.25) is 14.4 Å². The zero-order chi connectivity index (χ0) is 33.7. The summed E-state index contributed by atoms with van der Waals surface area (Å²) in [5.74, 6) is -2.35. The van der Waals surface area contributed by atoms with Crippen molar-refractivity contribution in [3.8, 4) is 0 Å². The number of amides is 3. The first-order valence-electron chi connectivity index (χ1n) is 15.2. The molecule has 2 saturated heterocycles. The predicted molar refractivity (Wildman–Crippen MR) is 174 cm³/mol. The van der Waals surface area contributed by atoms with Crippen molar-refractivity contribution < 1.29 is 38.2 Å². The predicted octanol–water partition coefficient (Wildman–Crippen LogP) is 4.29. The van der Waals surface area contributed by atoms with E-state index in [-0.39, 0.29) is 5.75 Å². The number of esters is 2. The van der Waals surface area contributed by atoms with Gasteiger partial charge in [0.2, 0.25) is 11.8 Å². The van der Waals surface area contributed by atoms with Gasteiger partial charge in [-0.2, -0.15) is 0 Å². The molecule has 12 heteroatoms. The molecule has 47 heavy (non-hydrogen) atoms. The van der Waals surface area contributed by atoms with E-state index in [1.807, 2.05) is 60.7 Å². The third kappa shape index (κ3) is 7.94. The smallest absolute Gasteiger partial charge is 0.408 e. The fourth-order valence-corrected chi connectivity index (χ4v) is 6.92. The Labute approximate surface area is 277 Å². The molecule has 3 aromatic carbocycles. The second-order valence-corrected chi connectivity index (χ2v) is 13.3. The number of hydrogen-bond acceptors (Lipinski definition) is 9. The first-order valence-corrected chi connectivity index (χ1v) is 16.2. The van der Waals surface area contributed by atoms with E-state index < -0.39 is 71.2 Å². The molecule has 0 aromatic heterocycles. The summed E-state index contributed by atoms with van der Waals surface area (Å²) < 4.78 is 17.0. The maximum absolute atomic E-state index is 14.0. The fourth-order valence-electron chi connectivity index (χ4n) is 5.51. The van der Waals surface area contributed by atoms with E-state index in [4.69, 9.17) is 14.2 Å². The minimum atomic E-state index is -1.24. The highest BCUT2D eigenvalue weighted by Gasteiger charge is 2.59. The number of fused-ring (bicyclic) bond motifs is 1. The van der Waals surface area contributed by atoms with Gasteiger partial charge < -0.3 is 29.7 Å². The van der Waals surface area contributed by atoms with Crippen molar-refractivity contribution in [1.82, 2.24) is 15.5 Å². The Morgan fingerprint density at radius 1 is 0.851 bits per heavy atom. The molecule has 3 aromatic rings. The molecule has 2 heterocycles. The van der Waals surface area contributed by atoms with E-state index in [9.17, 15) is 24.0 Å². The number of alkyl carbamates (subject to hydrolysis) is 1. The number of carbonyl (C=O) groups is 5. The molecular weight excluding hydrogens is 622 g/mol. The SMILES string of the molecule is CC(=O)OC1CS[C@@H]2[C@H](NC(=O)C(NC(=O)OC(C)(C)C)c3ccccc3)C(=O)N2[C@H]1C(=O)OC(c1ccccc1)c1ccccc1. The molecule has 11 nitrogen and oxygen atoms in total. The lowest BCUT2D eigenvalue weighted by atomic mass is 9.97. The normalized spacial score (nSPS) is 21.0. The molecule has 0 bridgehead atoms. The summed E-state index contributed by atoms with van der Waals surface area (Å²) in [5, 5.41) is 4.71. The lowest BCUT2D eigenvalue weighted by Crippen LogP contribution is -2.77. The van der Waals surface area contributed by atoms with Crippen LogP contribution in [0.2, 0.25) is 0 Å². The van der Waals surface area contributed by atoms with Crippen LogP contribution >= 0.6 is 11.8 Å². The molecule has 2 N–H and O–H groups in total. The first kappa shape index (κ1) is 33.5. The van der Waals surface area contributed by atoms with Crippen molar-refractivity contribution in [3.63, 3.8) is 0 Å². The second-order valence-electron chi connectivity index (χ2n) is 12.2. The Hall–Kier alpha value is -4.84. The number of benzene rings is 3. The lowest BCUT2D eigenvalue weighted by Gasteiger charge is -2.54. The van der Waals surface area contributed by atoms with Crippen molar-refractivity contribution in [1.29, 1.82) is 0 Å². The van der Waals surface area contributed by atoms with Crippen LogP contribution in [0.5, 0.6) is 0 Å². The number of thioether (sulfide) groups is 1. The van der Waals surface area contributed by atoms with Gasteiger partial charge in [0.15, 0.2) is 12.1 Å². The quantitative estimate of drug-likeness (QED) is 0.196. The highest BCUT2D eigenvalue weighted by molar-refractivity contribution is 8.00. The maximum Gasteiger partial charge on any atom is 0.408 e. The molecule has 2 fully saturated rings. The van der Waals surface area contributed by atoms with Crippen LogP contribution in [0.3, 0.4) is 0 Å². The highest BCUT2D eigenvalue weighted by atomic mass is 32.2. The fraction of sp³-hybridized carbons (Fsp3) is 0.343. The minimum Gasteiger partial charge on any atom is -0.459 e. The molecule has 0 radical (unpaired) electrons. The number of nitrogens with one attached hydrogen (secondary N) is 2. The van der Waals surface area contributed by atoms with Crippen LogP contribution in [-0.2, 0) is 33.4 Å². The van der Waals surface area contributed by atoms with Crippen LogP contribution in [0.25, 0.3) is 0 Å². The monoisotopic (exact) mass is 659 g/mol. The van der Waals surface area contributed by atoms with Crippen molar-refractivity contribution in [2.24, 2.45) is 0 Å². The Bertz CT molecular complexity index is 1560. The highest BCUT2D eigenvalue weighted by Crippen LogP contribution is 2.41. The molecule has 0 spiro atoms. The van der Waals surface area contributed by atoms with Crippen molar-refractivity contribution in [3.05, 3.63) is 108 Å². The van der Waals surface area contributed by atoms with Crippen LogP contribution in [0, 0.1) is 0 Å². The van der Waals surface area contributed by atoms with Crippen LogP contribution in [0.4, 0.5) is 4.79 Å². The molecule has 5 rings (SSSR count). The molecule has 5 atom stereocenters. The molecule has 2 aliphatic heterocycles. The average molecular weight is 660 g/mol. The van der Waals surface area contributed by atoms with Gasteiger partial charge >= 0.3 is 18.0 Å². The van der Waals surface area contributed by atoms with E-state index in [1.165, 1.54) is 23.6 Å². The van der Waals surface area contributed by atoms with Gasteiger partial charge in [-0.25, -0.2) is 9.59 Å². The molecule has 0 aliphatic carbocycles. The second kappa shape index (κ2) is 14.3. The number of nitrogens with zero attached hydrogens (tertiary/aromatic N) is 1. The summed E-state index contributed by atoms with van der Waals surface area (Å²) in [4.78, 5) is 67.3. The average Bonchev–Trinajstić information content (AvgIpc) is 3.04. The van der Waals surface area contributed by atoms with E-state index in [1.54, 1.807) is 51.1 Å². The van der Waals surface area contributed by atoms with Crippen molar-refractivity contribution in [2.75, 3.05) is 5.75 Å². The molecular formula is C35H37N3O8S. The first-order chi connectivity index (χ1) is 22.4.